The van der Waals surface area contributed by atoms with Gasteiger partial charge >= 0.3 is 6.09 Å². The zero-order chi connectivity index (χ0) is 16.2. The number of cyclic esters (lactones) is 1. The van der Waals surface area contributed by atoms with Crippen molar-refractivity contribution in [3.63, 3.8) is 0 Å². The molecule has 2 aliphatic heterocycles. The van der Waals surface area contributed by atoms with Crippen molar-refractivity contribution in [3.05, 3.63) is 35.9 Å². The molecular formula is C16H19N3O4. The highest BCUT2D eigenvalue weighted by atomic mass is 16.6. The topological polar surface area (TPSA) is 87.7 Å². The van der Waals surface area contributed by atoms with Gasteiger partial charge in [0.2, 0.25) is 11.8 Å². The minimum absolute atomic E-state index is 0.198. The molecule has 2 atom stereocenters. The molecule has 23 heavy (non-hydrogen) atoms. The van der Waals surface area contributed by atoms with Crippen LogP contribution in [0.15, 0.2) is 30.3 Å². The van der Waals surface area contributed by atoms with E-state index in [0.717, 1.165) is 24.9 Å². The summed E-state index contributed by atoms with van der Waals surface area (Å²) in [6.07, 6.45) is 1.10. The van der Waals surface area contributed by atoms with E-state index in [9.17, 15) is 14.4 Å². The Labute approximate surface area is 134 Å². The van der Waals surface area contributed by atoms with Crippen LogP contribution in [0.3, 0.4) is 0 Å². The molecule has 122 valence electrons. The van der Waals surface area contributed by atoms with E-state index in [0.29, 0.717) is 0 Å². The first-order valence-electron chi connectivity index (χ1n) is 7.70. The van der Waals surface area contributed by atoms with E-state index in [1.165, 1.54) is 4.90 Å². The summed E-state index contributed by atoms with van der Waals surface area (Å²) in [5, 5.41) is 5.38. The SMILES string of the molecule is O=C(CN1C(=O)OC[C@@H]1c1ccccc1)NC(=O)C1CCCN1. The maximum atomic E-state index is 12.1. The number of rotatable bonds is 4. The lowest BCUT2D eigenvalue weighted by atomic mass is 10.1. The predicted molar refractivity (Wildman–Crippen MR) is 81.4 cm³/mol. The molecule has 7 nitrogen and oxygen atoms in total. The Morgan fingerprint density at radius 3 is 2.78 bits per heavy atom. The molecule has 2 saturated heterocycles. The van der Waals surface area contributed by atoms with Crippen molar-refractivity contribution in [2.75, 3.05) is 19.7 Å². The Bertz CT molecular complexity index is 599. The summed E-state index contributed by atoms with van der Waals surface area (Å²) >= 11 is 0. The number of imide groups is 1. The summed E-state index contributed by atoms with van der Waals surface area (Å²) in [6, 6.07) is 8.74. The standard InChI is InChI=1S/C16H19N3O4/c20-14(18-15(21)12-7-4-8-17-12)9-19-13(10-23-16(19)22)11-5-2-1-3-6-11/h1-3,5-6,12-13,17H,4,7-10H2,(H,18,20,21)/t12?,13-/m1/s1. The molecule has 0 saturated carbocycles. The molecule has 2 fully saturated rings. The van der Waals surface area contributed by atoms with Crippen LogP contribution in [0.1, 0.15) is 24.4 Å². The maximum absolute atomic E-state index is 12.1. The van der Waals surface area contributed by atoms with Gasteiger partial charge in [-0.2, -0.15) is 0 Å². The van der Waals surface area contributed by atoms with Gasteiger partial charge in [0.25, 0.3) is 0 Å². The van der Waals surface area contributed by atoms with Crippen molar-refractivity contribution in [3.8, 4) is 0 Å². The van der Waals surface area contributed by atoms with Crippen LogP contribution in [0.5, 0.6) is 0 Å². The van der Waals surface area contributed by atoms with E-state index in [-0.39, 0.29) is 31.1 Å². The van der Waals surface area contributed by atoms with Gasteiger partial charge in [-0.3, -0.25) is 19.8 Å². The third-order valence-corrected chi connectivity index (χ3v) is 4.11. The van der Waals surface area contributed by atoms with E-state index < -0.39 is 12.0 Å². The number of nitrogens with zero attached hydrogens (tertiary/aromatic N) is 1. The van der Waals surface area contributed by atoms with Gasteiger partial charge in [-0.05, 0) is 24.9 Å². The number of hydrogen-bond donors (Lipinski definition) is 2. The highest BCUT2D eigenvalue weighted by molar-refractivity contribution is 5.99. The second kappa shape index (κ2) is 6.78. The van der Waals surface area contributed by atoms with Crippen LogP contribution >= 0.6 is 0 Å². The summed E-state index contributed by atoms with van der Waals surface area (Å²) in [6.45, 7) is 0.784. The lowest BCUT2D eigenvalue weighted by molar-refractivity contribution is -0.131. The number of carbonyl (C=O) groups excluding carboxylic acids is 3. The molecule has 2 N–H and O–H groups in total. The number of carbonyl (C=O) groups is 3. The van der Waals surface area contributed by atoms with Crippen LogP contribution in [-0.2, 0) is 14.3 Å². The maximum Gasteiger partial charge on any atom is 0.410 e. The molecular weight excluding hydrogens is 298 g/mol. The molecule has 7 heteroatoms. The zero-order valence-corrected chi connectivity index (χ0v) is 12.7. The average Bonchev–Trinajstić information content (AvgIpc) is 3.19. The predicted octanol–water partition coefficient (Wildman–Crippen LogP) is 0.575. The van der Waals surface area contributed by atoms with Crippen LogP contribution < -0.4 is 10.6 Å². The largest absolute Gasteiger partial charge is 0.447 e. The fraction of sp³-hybridized carbons (Fsp3) is 0.438. The quantitative estimate of drug-likeness (QED) is 0.848. The van der Waals surface area contributed by atoms with Gasteiger partial charge in [0.1, 0.15) is 13.2 Å². The summed E-state index contributed by atoms with van der Waals surface area (Å²) < 4.78 is 5.05. The Morgan fingerprint density at radius 1 is 1.30 bits per heavy atom. The third kappa shape index (κ3) is 3.50. The van der Waals surface area contributed by atoms with Crippen LogP contribution in [0, 0.1) is 0 Å². The lowest BCUT2D eigenvalue weighted by Crippen LogP contribution is -2.47. The normalized spacial score (nSPS) is 23.7. The Kier molecular flexibility index (Phi) is 4.57. The van der Waals surface area contributed by atoms with E-state index in [2.05, 4.69) is 10.6 Å². The first kappa shape index (κ1) is 15.5. The monoisotopic (exact) mass is 317 g/mol. The second-order valence-electron chi connectivity index (χ2n) is 5.69. The number of hydrogen-bond acceptors (Lipinski definition) is 5. The van der Waals surface area contributed by atoms with Crippen LogP contribution in [0.4, 0.5) is 4.79 Å². The summed E-state index contributed by atoms with van der Waals surface area (Å²) in [7, 11) is 0. The third-order valence-electron chi connectivity index (χ3n) is 4.11. The Morgan fingerprint density at radius 2 is 2.09 bits per heavy atom. The molecule has 3 amide bonds. The minimum atomic E-state index is -0.541. The van der Waals surface area contributed by atoms with Gasteiger partial charge in [0.05, 0.1) is 12.1 Å². The van der Waals surface area contributed by atoms with Crippen molar-refractivity contribution in [2.45, 2.75) is 24.9 Å². The second-order valence-corrected chi connectivity index (χ2v) is 5.69. The Hall–Kier alpha value is -2.41. The van der Waals surface area contributed by atoms with Crippen molar-refractivity contribution in [1.82, 2.24) is 15.5 Å². The highest BCUT2D eigenvalue weighted by Crippen LogP contribution is 2.26. The van der Waals surface area contributed by atoms with Crippen molar-refractivity contribution in [2.24, 2.45) is 0 Å². The molecule has 0 aliphatic carbocycles. The lowest BCUT2D eigenvalue weighted by Gasteiger charge is -2.21. The fourth-order valence-electron chi connectivity index (χ4n) is 2.90. The van der Waals surface area contributed by atoms with E-state index in [1.54, 1.807) is 0 Å². The van der Waals surface area contributed by atoms with Gasteiger partial charge in [-0.15, -0.1) is 0 Å². The van der Waals surface area contributed by atoms with Gasteiger partial charge in [-0.25, -0.2) is 4.79 Å². The molecule has 2 aliphatic rings. The highest BCUT2D eigenvalue weighted by Gasteiger charge is 2.36. The summed E-state index contributed by atoms with van der Waals surface area (Å²) in [5.41, 5.74) is 0.898. The molecule has 0 bridgehead atoms. The number of benzene rings is 1. The van der Waals surface area contributed by atoms with Gasteiger partial charge in [0.15, 0.2) is 0 Å². The first-order chi connectivity index (χ1) is 11.1. The van der Waals surface area contributed by atoms with Gasteiger partial charge in [-0.1, -0.05) is 30.3 Å². The van der Waals surface area contributed by atoms with Crippen LogP contribution in [0.2, 0.25) is 0 Å². The molecule has 0 radical (unpaired) electrons. The smallest absolute Gasteiger partial charge is 0.410 e. The van der Waals surface area contributed by atoms with Crippen LogP contribution in [-0.4, -0.2) is 48.5 Å². The van der Waals surface area contributed by atoms with E-state index in [1.807, 2.05) is 30.3 Å². The molecule has 1 aromatic rings. The molecule has 1 aromatic carbocycles. The van der Waals surface area contributed by atoms with Crippen molar-refractivity contribution >= 4 is 17.9 Å². The zero-order valence-electron chi connectivity index (χ0n) is 12.7. The number of nitrogens with one attached hydrogen (secondary N) is 2. The van der Waals surface area contributed by atoms with Crippen molar-refractivity contribution in [1.29, 1.82) is 0 Å². The Balaban J connectivity index is 1.61. The van der Waals surface area contributed by atoms with Crippen LogP contribution in [0.25, 0.3) is 0 Å². The molecule has 0 spiro atoms. The summed E-state index contributed by atoms with van der Waals surface area (Å²) in [4.78, 5) is 37.2. The van der Waals surface area contributed by atoms with Gasteiger partial charge in [0, 0.05) is 0 Å². The van der Waals surface area contributed by atoms with E-state index >= 15 is 0 Å². The molecule has 2 heterocycles. The minimum Gasteiger partial charge on any atom is -0.447 e. The molecule has 3 rings (SSSR count). The summed E-state index contributed by atoms with van der Waals surface area (Å²) in [5.74, 6) is -0.834. The number of amides is 3. The molecule has 0 aromatic heterocycles. The average molecular weight is 317 g/mol. The van der Waals surface area contributed by atoms with Gasteiger partial charge < -0.3 is 10.1 Å². The molecule has 1 unspecified atom stereocenters. The van der Waals surface area contributed by atoms with E-state index in [4.69, 9.17) is 4.74 Å². The number of ether oxygens (including phenoxy) is 1. The van der Waals surface area contributed by atoms with Crippen molar-refractivity contribution < 1.29 is 19.1 Å². The fourth-order valence-corrected chi connectivity index (χ4v) is 2.90. The first-order valence-corrected chi connectivity index (χ1v) is 7.70.